The minimum absolute atomic E-state index is 1.08. The molecule has 0 atom stereocenters. The molecule has 0 unspecified atom stereocenters. The number of hydrogen-bond acceptors (Lipinski definition) is 0. The summed E-state index contributed by atoms with van der Waals surface area (Å²) in [5.41, 5.74) is 5.85. The van der Waals surface area contributed by atoms with E-state index in [1.165, 1.54) is 38.1 Å². The Hall–Kier alpha value is -2.56. The van der Waals surface area contributed by atoms with Gasteiger partial charge in [0.05, 0.1) is 16.6 Å². The van der Waals surface area contributed by atoms with Crippen LogP contribution in [0.15, 0.2) is 87.8 Å². The molecule has 0 radical (unpaired) electrons. The smallest absolute Gasteiger partial charge is 0.0695 e. The zero-order valence-corrected chi connectivity index (χ0v) is 17.9. The van der Waals surface area contributed by atoms with E-state index in [2.05, 4.69) is 120 Å². The van der Waals surface area contributed by atoms with E-state index >= 15 is 0 Å². The Labute approximate surface area is 178 Å². The van der Waals surface area contributed by atoms with Crippen LogP contribution in [-0.2, 0) is 0 Å². The maximum absolute atomic E-state index is 3.82. The number of para-hydroxylation sites is 2. The molecule has 0 aliphatic rings. The number of nitrogens with one attached hydrogen (secondary N) is 1. The van der Waals surface area contributed by atoms with Crippen molar-refractivity contribution < 1.29 is 0 Å². The van der Waals surface area contributed by atoms with Gasteiger partial charge in [0.1, 0.15) is 0 Å². The Balaban J connectivity index is 1.94. The van der Waals surface area contributed by atoms with Crippen molar-refractivity contribution in [3.8, 4) is 5.69 Å². The summed E-state index contributed by atoms with van der Waals surface area (Å²) in [6, 6.07) is 27.7. The first kappa shape index (κ1) is 16.4. The molecule has 2 aromatic heterocycles. The molecule has 6 rings (SSSR count). The van der Waals surface area contributed by atoms with Crippen LogP contribution in [0.1, 0.15) is 0 Å². The third kappa shape index (κ3) is 2.13. The molecule has 4 heteroatoms. The maximum atomic E-state index is 3.82. The third-order valence-electron chi connectivity index (χ3n) is 5.47. The second kappa shape index (κ2) is 5.97. The Morgan fingerprint density at radius 3 is 2.25 bits per heavy atom. The van der Waals surface area contributed by atoms with Crippen molar-refractivity contribution in [1.82, 2.24) is 9.55 Å². The van der Waals surface area contributed by atoms with Crippen LogP contribution >= 0.6 is 31.9 Å². The van der Waals surface area contributed by atoms with E-state index in [1.54, 1.807) is 0 Å². The standard InChI is InChI=1S/C24H14Br2N2/c25-17-11-12-18(26)24-21(17)22-20(28(24)14-6-2-1-3-7-14)13-10-16-15-8-4-5-9-19(15)27-23(16)22/h1-13,27H. The molecule has 0 aliphatic carbocycles. The number of aromatic nitrogens is 2. The molecule has 0 aliphatic heterocycles. The Morgan fingerprint density at radius 2 is 1.39 bits per heavy atom. The lowest BCUT2D eigenvalue weighted by Crippen LogP contribution is -1.93. The molecule has 6 aromatic rings. The van der Waals surface area contributed by atoms with E-state index in [-0.39, 0.29) is 0 Å². The van der Waals surface area contributed by atoms with Gasteiger partial charge in [0.25, 0.3) is 0 Å². The summed E-state index contributed by atoms with van der Waals surface area (Å²) in [4.78, 5) is 3.68. The number of benzene rings is 4. The number of halogens is 2. The maximum Gasteiger partial charge on any atom is 0.0695 e. The number of nitrogens with zero attached hydrogens (tertiary/aromatic N) is 1. The first-order valence-electron chi connectivity index (χ1n) is 9.11. The predicted octanol–water partition coefficient (Wildman–Crippen LogP) is 7.94. The van der Waals surface area contributed by atoms with E-state index in [9.17, 15) is 0 Å². The molecule has 134 valence electrons. The summed E-state index contributed by atoms with van der Waals surface area (Å²) in [7, 11) is 0. The van der Waals surface area contributed by atoms with Crippen LogP contribution in [-0.4, -0.2) is 9.55 Å². The van der Waals surface area contributed by atoms with Crippen LogP contribution in [0, 0.1) is 0 Å². The van der Waals surface area contributed by atoms with Crippen molar-refractivity contribution in [2.75, 3.05) is 0 Å². The zero-order chi connectivity index (χ0) is 18.8. The topological polar surface area (TPSA) is 20.7 Å². The van der Waals surface area contributed by atoms with Crippen LogP contribution in [0.25, 0.3) is 49.3 Å². The van der Waals surface area contributed by atoms with Gasteiger partial charge in [-0.25, -0.2) is 0 Å². The lowest BCUT2D eigenvalue weighted by Gasteiger charge is -2.08. The van der Waals surface area contributed by atoms with Gasteiger partial charge < -0.3 is 9.55 Å². The van der Waals surface area contributed by atoms with Crippen molar-refractivity contribution in [2.45, 2.75) is 0 Å². The summed E-state index contributed by atoms with van der Waals surface area (Å²) >= 11 is 7.62. The number of H-pyrrole nitrogens is 1. The van der Waals surface area contributed by atoms with Gasteiger partial charge in [-0.2, -0.15) is 0 Å². The lowest BCUT2D eigenvalue weighted by molar-refractivity contribution is 1.18. The van der Waals surface area contributed by atoms with E-state index in [0.717, 1.165) is 20.1 Å². The average molecular weight is 490 g/mol. The fourth-order valence-corrected chi connectivity index (χ4v) is 5.34. The molecule has 28 heavy (non-hydrogen) atoms. The van der Waals surface area contributed by atoms with Gasteiger partial charge in [-0.3, -0.25) is 0 Å². The second-order valence-corrected chi connectivity index (χ2v) is 8.69. The summed E-state index contributed by atoms with van der Waals surface area (Å²) in [6.07, 6.45) is 0. The van der Waals surface area contributed by atoms with Crippen molar-refractivity contribution in [1.29, 1.82) is 0 Å². The van der Waals surface area contributed by atoms with E-state index in [0.29, 0.717) is 0 Å². The first-order chi connectivity index (χ1) is 13.7. The van der Waals surface area contributed by atoms with Crippen molar-refractivity contribution in [3.63, 3.8) is 0 Å². The fourth-order valence-electron chi connectivity index (χ4n) is 4.31. The normalized spacial score (nSPS) is 11.9. The summed E-state index contributed by atoms with van der Waals surface area (Å²) in [5, 5.41) is 4.96. The monoisotopic (exact) mass is 488 g/mol. The highest BCUT2D eigenvalue weighted by molar-refractivity contribution is 9.11. The van der Waals surface area contributed by atoms with Gasteiger partial charge in [0.15, 0.2) is 0 Å². The summed E-state index contributed by atoms with van der Waals surface area (Å²) < 4.78 is 4.51. The zero-order valence-electron chi connectivity index (χ0n) is 14.7. The quantitative estimate of drug-likeness (QED) is 0.242. The molecule has 1 N–H and O–H groups in total. The third-order valence-corrected chi connectivity index (χ3v) is 6.77. The molecule has 0 saturated heterocycles. The highest BCUT2D eigenvalue weighted by Crippen LogP contribution is 2.43. The van der Waals surface area contributed by atoms with Crippen LogP contribution in [0.3, 0.4) is 0 Å². The van der Waals surface area contributed by atoms with Crippen LogP contribution in [0.2, 0.25) is 0 Å². The Morgan fingerprint density at radius 1 is 0.643 bits per heavy atom. The second-order valence-electron chi connectivity index (χ2n) is 6.98. The van der Waals surface area contributed by atoms with E-state index < -0.39 is 0 Å². The van der Waals surface area contributed by atoms with Gasteiger partial charge in [-0.1, -0.05) is 58.4 Å². The first-order valence-corrected chi connectivity index (χ1v) is 10.7. The van der Waals surface area contributed by atoms with Crippen molar-refractivity contribution in [2.24, 2.45) is 0 Å². The molecule has 0 spiro atoms. The van der Waals surface area contributed by atoms with Crippen LogP contribution in [0.4, 0.5) is 0 Å². The Kier molecular flexibility index (Phi) is 3.49. The SMILES string of the molecule is Brc1ccc(Br)c2c1c1c3[nH]c4ccccc4c3ccc1n2-c1ccccc1. The molecular weight excluding hydrogens is 476 g/mol. The van der Waals surface area contributed by atoms with Gasteiger partial charge in [-0.15, -0.1) is 0 Å². The largest absolute Gasteiger partial charge is 0.354 e. The number of rotatable bonds is 1. The lowest BCUT2D eigenvalue weighted by atomic mass is 10.1. The molecule has 4 aromatic carbocycles. The van der Waals surface area contributed by atoms with Crippen LogP contribution in [0.5, 0.6) is 0 Å². The highest BCUT2D eigenvalue weighted by atomic mass is 79.9. The minimum Gasteiger partial charge on any atom is -0.354 e. The molecule has 0 saturated carbocycles. The van der Waals surface area contributed by atoms with Gasteiger partial charge in [0, 0.05) is 41.7 Å². The number of hydrogen-bond donors (Lipinski definition) is 1. The molecule has 0 amide bonds. The van der Waals surface area contributed by atoms with E-state index in [1.807, 2.05) is 0 Å². The van der Waals surface area contributed by atoms with Crippen LogP contribution < -0.4 is 0 Å². The van der Waals surface area contributed by atoms with Crippen molar-refractivity contribution >= 4 is 75.5 Å². The van der Waals surface area contributed by atoms with E-state index in [4.69, 9.17) is 0 Å². The minimum atomic E-state index is 1.08. The molecule has 2 heterocycles. The molecule has 0 fully saturated rings. The van der Waals surface area contributed by atoms with Gasteiger partial charge >= 0.3 is 0 Å². The van der Waals surface area contributed by atoms with Gasteiger partial charge in [0.2, 0.25) is 0 Å². The molecular formula is C24H14Br2N2. The average Bonchev–Trinajstić information content (AvgIpc) is 3.28. The Bertz CT molecular complexity index is 1520. The molecule has 2 nitrogen and oxygen atoms in total. The molecule has 0 bridgehead atoms. The summed E-state index contributed by atoms with van der Waals surface area (Å²) in [6.45, 7) is 0. The summed E-state index contributed by atoms with van der Waals surface area (Å²) in [5.74, 6) is 0. The number of aromatic amines is 1. The fraction of sp³-hybridized carbons (Fsp3) is 0. The van der Waals surface area contributed by atoms with Gasteiger partial charge in [-0.05, 0) is 52.3 Å². The predicted molar refractivity (Wildman–Crippen MR) is 126 cm³/mol. The highest BCUT2D eigenvalue weighted by Gasteiger charge is 2.20. The number of fused-ring (bicyclic) bond motifs is 7. The van der Waals surface area contributed by atoms with Crippen molar-refractivity contribution in [3.05, 3.63) is 87.8 Å².